The van der Waals surface area contributed by atoms with E-state index in [2.05, 4.69) is 12.1 Å². The first-order valence-electron chi connectivity index (χ1n) is 9.16. The molecule has 0 bridgehead atoms. The number of carboxylic acids is 1. The third-order valence-electron chi connectivity index (χ3n) is 4.20. The molecule has 0 fully saturated rings. The van der Waals surface area contributed by atoms with Gasteiger partial charge in [-0.05, 0) is 41.5 Å². The second-order valence-electron chi connectivity index (χ2n) is 6.16. The molecule has 0 saturated carbocycles. The van der Waals surface area contributed by atoms with Crippen LogP contribution < -0.4 is 14.2 Å². The third kappa shape index (κ3) is 5.87. The first kappa shape index (κ1) is 20.0. The molecule has 0 saturated heterocycles. The van der Waals surface area contributed by atoms with E-state index >= 15 is 0 Å². The zero-order chi connectivity index (χ0) is 20.5. The number of benzene rings is 3. The zero-order valence-electron chi connectivity index (χ0n) is 16.1. The van der Waals surface area contributed by atoms with E-state index in [-0.39, 0.29) is 0 Å². The molecule has 3 aromatic carbocycles. The number of ether oxygens (including phenoxy) is 3. The maximum Gasteiger partial charge on any atom is 0.328 e. The van der Waals surface area contributed by atoms with E-state index in [0.29, 0.717) is 30.3 Å². The van der Waals surface area contributed by atoms with Crippen LogP contribution in [-0.2, 0) is 4.79 Å². The molecule has 0 amide bonds. The number of carboxylic acid groups (broad SMARTS) is 1. The lowest BCUT2D eigenvalue weighted by Gasteiger charge is -2.12. The predicted octanol–water partition coefficient (Wildman–Crippen LogP) is 4.92. The van der Waals surface area contributed by atoms with Gasteiger partial charge in [0, 0.05) is 17.7 Å². The van der Waals surface area contributed by atoms with Gasteiger partial charge in [0.25, 0.3) is 0 Å². The highest BCUT2D eigenvalue weighted by Gasteiger charge is 2.05. The molecular weight excluding hydrogens is 368 g/mol. The first-order valence-corrected chi connectivity index (χ1v) is 9.16. The first-order chi connectivity index (χ1) is 14.2. The minimum Gasteiger partial charge on any atom is -0.497 e. The molecule has 0 aliphatic rings. The molecule has 148 valence electrons. The number of methoxy groups -OCH3 is 1. The minimum absolute atomic E-state index is 0.307. The summed E-state index contributed by atoms with van der Waals surface area (Å²) in [6, 6.07) is 23.2. The van der Waals surface area contributed by atoms with E-state index in [0.717, 1.165) is 23.0 Å². The van der Waals surface area contributed by atoms with Crippen molar-refractivity contribution in [3.8, 4) is 28.4 Å². The Hall–Kier alpha value is -3.73. The van der Waals surface area contributed by atoms with Crippen molar-refractivity contribution >= 4 is 12.0 Å². The minimum atomic E-state index is -1.02. The van der Waals surface area contributed by atoms with Crippen molar-refractivity contribution in [3.05, 3.63) is 84.4 Å². The smallest absolute Gasteiger partial charge is 0.328 e. The predicted molar refractivity (Wildman–Crippen MR) is 113 cm³/mol. The Morgan fingerprint density at radius 2 is 1.52 bits per heavy atom. The van der Waals surface area contributed by atoms with Crippen molar-refractivity contribution in [2.75, 3.05) is 20.3 Å². The topological polar surface area (TPSA) is 65.0 Å². The fourth-order valence-corrected chi connectivity index (χ4v) is 2.75. The Labute approximate surface area is 169 Å². The molecule has 0 unspecified atom stereocenters. The van der Waals surface area contributed by atoms with Crippen LogP contribution in [0.4, 0.5) is 0 Å². The molecule has 0 radical (unpaired) electrons. The molecule has 0 aromatic heterocycles. The number of carbonyl (C=O) groups is 1. The maximum absolute atomic E-state index is 10.8. The summed E-state index contributed by atoms with van der Waals surface area (Å²) in [5, 5.41) is 8.83. The molecule has 5 nitrogen and oxygen atoms in total. The fraction of sp³-hybridized carbons (Fsp3) is 0.125. The van der Waals surface area contributed by atoms with Gasteiger partial charge < -0.3 is 19.3 Å². The Balaban J connectivity index is 1.57. The van der Waals surface area contributed by atoms with Gasteiger partial charge in [-0.2, -0.15) is 0 Å². The SMILES string of the molecule is COc1ccc(C=CC(=O)O)c(OCCOc2ccc(-c3ccccc3)cc2)c1. The van der Waals surface area contributed by atoms with Crippen LogP contribution in [0.3, 0.4) is 0 Å². The van der Waals surface area contributed by atoms with Crippen LogP contribution in [0.1, 0.15) is 5.56 Å². The lowest BCUT2D eigenvalue weighted by atomic mass is 10.1. The number of rotatable bonds is 9. The largest absolute Gasteiger partial charge is 0.497 e. The van der Waals surface area contributed by atoms with E-state index in [9.17, 15) is 4.79 Å². The van der Waals surface area contributed by atoms with Gasteiger partial charge in [-0.1, -0.05) is 42.5 Å². The summed E-state index contributed by atoms with van der Waals surface area (Å²) >= 11 is 0. The molecule has 0 atom stereocenters. The van der Waals surface area contributed by atoms with Crippen molar-refractivity contribution in [3.63, 3.8) is 0 Å². The summed E-state index contributed by atoms with van der Waals surface area (Å²) in [4.78, 5) is 10.8. The average molecular weight is 390 g/mol. The van der Waals surface area contributed by atoms with Crippen molar-refractivity contribution in [1.29, 1.82) is 0 Å². The second kappa shape index (κ2) is 9.99. The molecule has 3 rings (SSSR count). The van der Waals surface area contributed by atoms with Crippen LogP contribution in [0.25, 0.3) is 17.2 Å². The van der Waals surface area contributed by atoms with E-state index in [1.54, 1.807) is 25.3 Å². The quantitative estimate of drug-likeness (QED) is 0.415. The van der Waals surface area contributed by atoms with Crippen molar-refractivity contribution in [2.45, 2.75) is 0 Å². The Kier molecular flexibility index (Phi) is 6.90. The Bertz CT molecular complexity index is 962. The van der Waals surface area contributed by atoms with Crippen LogP contribution in [0.15, 0.2) is 78.9 Å². The standard InChI is InChI=1S/C24H22O5/c1-27-22-13-9-20(10-14-24(25)26)23(17-22)29-16-15-28-21-11-7-19(8-12-21)18-5-3-2-4-6-18/h2-14,17H,15-16H2,1H3,(H,25,26). The number of aliphatic carboxylic acids is 1. The van der Waals surface area contributed by atoms with Gasteiger partial charge >= 0.3 is 5.97 Å². The molecule has 0 spiro atoms. The summed E-state index contributed by atoms with van der Waals surface area (Å²) in [5.74, 6) is 0.897. The van der Waals surface area contributed by atoms with Crippen molar-refractivity contribution in [2.24, 2.45) is 0 Å². The van der Waals surface area contributed by atoms with E-state index in [4.69, 9.17) is 19.3 Å². The van der Waals surface area contributed by atoms with Crippen molar-refractivity contribution < 1.29 is 24.1 Å². The van der Waals surface area contributed by atoms with Gasteiger partial charge in [-0.15, -0.1) is 0 Å². The lowest BCUT2D eigenvalue weighted by molar-refractivity contribution is -0.131. The molecule has 0 aliphatic carbocycles. The van der Waals surface area contributed by atoms with E-state index in [1.807, 2.05) is 42.5 Å². The van der Waals surface area contributed by atoms with Gasteiger partial charge in [0.2, 0.25) is 0 Å². The summed E-state index contributed by atoms with van der Waals surface area (Å²) in [6.45, 7) is 0.658. The number of hydrogen-bond donors (Lipinski definition) is 1. The maximum atomic E-state index is 10.8. The monoisotopic (exact) mass is 390 g/mol. The molecule has 29 heavy (non-hydrogen) atoms. The zero-order valence-corrected chi connectivity index (χ0v) is 16.1. The molecule has 0 heterocycles. The van der Waals surface area contributed by atoms with Gasteiger partial charge in [0.15, 0.2) is 0 Å². The van der Waals surface area contributed by atoms with Crippen molar-refractivity contribution in [1.82, 2.24) is 0 Å². The summed E-state index contributed by atoms with van der Waals surface area (Å²) in [5.41, 5.74) is 2.93. The van der Waals surface area contributed by atoms with E-state index < -0.39 is 5.97 Å². The molecule has 5 heteroatoms. The van der Waals surface area contributed by atoms with Crippen LogP contribution in [-0.4, -0.2) is 31.4 Å². The van der Waals surface area contributed by atoms with E-state index in [1.165, 1.54) is 6.08 Å². The Morgan fingerprint density at radius 3 is 2.21 bits per heavy atom. The Morgan fingerprint density at radius 1 is 0.862 bits per heavy atom. The summed E-state index contributed by atoms with van der Waals surface area (Å²) < 4.78 is 16.7. The van der Waals surface area contributed by atoms with Crippen LogP contribution in [0.5, 0.6) is 17.2 Å². The van der Waals surface area contributed by atoms with Gasteiger partial charge in [-0.25, -0.2) is 4.79 Å². The average Bonchev–Trinajstić information content (AvgIpc) is 2.76. The van der Waals surface area contributed by atoms with Crippen LogP contribution in [0.2, 0.25) is 0 Å². The third-order valence-corrected chi connectivity index (χ3v) is 4.20. The fourth-order valence-electron chi connectivity index (χ4n) is 2.75. The van der Waals surface area contributed by atoms with Gasteiger partial charge in [0.1, 0.15) is 30.5 Å². The highest BCUT2D eigenvalue weighted by molar-refractivity contribution is 5.86. The summed E-state index contributed by atoms with van der Waals surface area (Å²) in [7, 11) is 1.56. The summed E-state index contributed by atoms with van der Waals surface area (Å²) in [6.07, 6.45) is 2.56. The number of hydrogen-bond acceptors (Lipinski definition) is 4. The van der Waals surface area contributed by atoms with Crippen LogP contribution in [0, 0.1) is 0 Å². The normalized spacial score (nSPS) is 10.7. The molecular formula is C24H22O5. The van der Waals surface area contributed by atoms with Gasteiger partial charge in [0.05, 0.1) is 7.11 Å². The van der Waals surface area contributed by atoms with Crippen LogP contribution >= 0.6 is 0 Å². The second-order valence-corrected chi connectivity index (χ2v) is 6.16. The highest BCUT2D eigenvalue weighted by Crippen LogP contribution is 2.26. The molecule has 3 aromatic rings. The lowest BCUT2D eigenvalue weighted by Crippen LogP contribution is -2.09. The van der Waals surface area contributed by atoms with Gasteiger partial charge in [-0.3, -0.25) is 0 Å². The highest BCUT2D eigenvalue weighted by atomic mass is 16.5. The molecule has 1 N–H and O–H groups in total. The molecule has 0 aliphatic heterocycles.